The number of aliphatic hydroxyl groups is 3. The molecule has 1 rings (SSSR count). The standard InChI is InChI=1S/C43H67O11P/c1-3-5-7-8-9-10-11-12-13-14-15-16-17-18-19-20-21-22-24-30-43(48)54-37(35-53-55(49,50)51)34-52-42(47)29-26-25-28-38-39(41(46)33-40(38)45)32-31-36(44)27-23-6-4-2/h5,7,9-10,12-13,15-16,18-19,21-22,25-26,31-32,36-41,44-46H,3-4,6,8,11,14,17,20,23-24,27-30,33-35H2,1-2H3,(H2,49,50,51)/b7-5-,10-9-,13-12-,16-15-,19-18-,22-21-,26-25-,32-31+/t36-,37-,38+,39-,40+,41-/m1/s1. The van der Waals surface area contributed by atoms with Gasteiger partial charge in [-0.25, -0.2) is 4.57 Å². The Bertz CT molecular complexity index is 1320. The van der Waals surface area contributed by atoms with E-state index in [2.05, 4.69) is 73.1 Å². The maximum atomic E-state index is 12.4. The number of allylic oxidation sites excluding steroid dienone is 13. The summed E-state index contributed by atoms with van der Waals surface area (Å²) in [5, 5.41) is 31.1. The summed E-state index contributed by atoms with van der Waals surface area (Å²) in [5.41, 5.74) is 0. The molecule has 0 aromatic rings. The molecule has 0 radical (unpaired) electrons. The lowest BCUT2D eigenvalue weighted by atomic mass is 9.89. The summed E-state index contributed by atoms with van der Waals surface area (Å²) in [4.78, 5) is 43.0. The molecule has 12 heteroatoms. The van der Waals surface area contributed by atoms with Crippen LogP contribution in [0.5, 0.6) is 0 Å². The molecule has 0 aliphatic heterocycles. The van der Waals surface area contributed by atoms with Crippen LogP contribution in [0.15, 0.2) is 97.2 Å². The van der Waals surface area contributed by atoms with Gasteiger partial charge < -0.3 is 34.6 Å². The second kappa shape index (κ2) is 32.0. The fourth-order valence-corrected chi connectivity index (χ4v) is 6.08. The molecule has 1 saturated carbocycles. The maximum absolute atomic E-state index is 12.4. The Morgan fingerprint density at radius 2 is 1.33 bits per heavy atom. The van der Waals surface area contributed by atoms with Gasteiger partial charge in [0.25, 0.3) is 0 Å². The summed E-state index contributed by atoms with van der Waals surface area (Å²) in [5.74, 6) is -1.92. The molecule has 0 bridgehead atoms. The molecule has 0 heterocycles. The number of carbonyl (C=O) groups excluding carboxylic acids is 2. The molecule has 0 aromatic carbocycles. The highest BCUT2D eigenvalue weighted by molar-refractivity contribution is 7.46. The topological polar surface area (TPSA) is 180 Å². The van der Waals surface area contributed by atoms with Crippen LogP contribution in [0.25, 0.3) is 0 Å². The van der Waals surface area contributed by atoms with Gasteiger partial charge in [0.15, 0.2) is 6.10 Å². The molecule has 55 heavy (non-hydrogen) atoms. The number of ether oxygens (including phenoxy) is 2. The fourth-order valence-electron chi connectivity index (χ4n) is 5.72. The van der Waals surface area contributed by atoms with E-state index in [4.69, 9.17) is 19.3 Å². The summed E-state index contributed by atoms with van der Waals surface area (Å²) in [6.07, 6.45) is 38.5. The molecule has 0 aromatic heterocycles. The number of hydrogen-bond acceptors (Lipinski definition) is 9. The maximum Gasteiger partial charge on any atom is 0.469 e. The summed E-state index contributed by atoms with van der Waals surface area (Å²) in [6, 6.07) is 0. The monoisotopic (exact) mass is 790 g/mol. The van der Waals surface area contributed by atoms with Crippen LogP contribution in [0, 0.1) is 11.8 Å². The number of unbranched alkanes of at least 4 members (excludes halogenated alkanes) is 2. The third kappa shape index (κ3) is 28.0. The van der Waals surface area contributed by atoms with Crippen molar-refractivity contribution in [2.45, 2.75) is 135 Å². The molecule has 11 nitrogen and oxygen atoms in total. The first kappa shape index (κ1) is 49.9. The molecule has 1 aliphatic carbocycles. The summed E-state index contributed by atoms with van der Waals surface area (Å²) < 4.78 is 26.2. The van der Waals surface area contributed by atoms with Crippen LogP contribution in [-0.2, 0) is 28.2 Å². The van der Waals surface area contributed by atoms with Crippen molar-refractivity contribution in [2.24, 2.45) is 11.8 Å². The number of esters is 2. The number of rotatable bonds is 30. The van der Waals surface area contributed by atoms with E-state index >= 15 is 0 Å². The third-order valence-corrected chi connectivity index (χ3v) is 9.19. The predicted molar refractivity (Wildman–Crippen MR) is 218 cm³/mol. The molecule has 0 spiro atoms. The van der Waals surface area contributed by atoms with Crippen molar-refractivity contribution in [1.82, 2.24) is 0 Å². The van der Waals surface area contributed by atoms with Crippen LogP contribution < -0.4 is 0 Å². The van der Waals surface area contributed by atoms with Crippen molar-refractivity contribution in [2.75, 3.05) is 13.2 Å². The Morgan fingerprint density at radius 3 is 1.89 bits per heavy atom. The number of hydrogen-bond donors (Lipinski definition) is 5. The zero-order chi connectivity index (χ0) is 40.6. The Balaban J connectivity index is 2.41. The van der Waals surface area contributed by atoms with Crippen molar-refractivity contribution in [3.63, 3.8) is 0 Å². The first-order chi connectivity index (χ1) is 26.5. The van der Waals surface area contributed by atoms with Crippen molar-refractivity contribution in [3.8, 4) is 0 Å². The average molecular weight is 791 g/mol. The molecular formula is C43H67O11P. The molecule has 0 saturated heterocycles. The van der Waals surface area contributed by atoms with E-state index in [1.165, 1.54) is 0 Å². The Labute approximate surface area is 329 Å². The van der Waals surface area contributed by atoms with Gasteiger partial charge in [0.1, 0.15) is 6.61 Å². The van der Waals surface area contributed by atoms with Crippen molar-refractivity contribution in [3.05, 3.63) is 97.2 Å². The summed E-state index contributed by atoms with van der Waals surface area (Å²) in [6.45, 7) is 3.09. The van der Waals surface area contributed by atoms with Crippen LogP contribution >= 0.6 is 7.82 Å². The Hall–Kier alpha value is -3.15. The minimum Gasteiger partial charge on any atom is -0.461 e. The van der Waals surface area contributed by atoms with Gasteiger partial charge in [-0.15, -0.1) is 0 Å². The lowest BCUT2D eigenvalue weighted by molar-refractivity contribution is -0.160. The van der Waals surface area contributed by atoms with Crippen LogP contribution in [0.2, 0.25) is 0 Å². The van der Waals surface area contributed by atoms with Crippen LogP contribution in [0.3, 0.4) is 0 Å². The summed E-state index contributed by atoms with van der Waals surface area (Å²) in [7, 11) is -4.86. The first-order valence-corrected chi connectivity index (χ1v) is 21.3. The molecule has 310 valence electrons. The SMILES string of the molecule is CC/C=C\C/C=C\C/C=C\C/C=C\C/C=C\C/C=C\CCC(=O)O[C@H](COC(=O)C/C=C\C[C@H]1[C@@H](/C=C/[C@H](O)CCCCC)[C@H](O)C[C@@H]1O)COP(=O)(O)O. The van der Waals surface area contributed by atoms with Crippen molar-refractivity contribution < 1.29 is 53.3 Å². The number of aliphatic hydroxyl groups excluding tert-OH is 3. The van der Waals surface area contributed by atoms with Gasteiger partial charge in [-0.1, -0.05) is 130 Å². The quantitative estimate of drug-likeness (QED) is 0.0205. The van der Waals surface area contributed by atoms with Gasteiger partial charge >= 0.3 is 19.8 Å². The van der Waals surface area contributed by atoms with E-state index in [1.807, 2.05) is 18.2 Å². The van der Waals surface area contributed by atoms with E-state index in [0.717, 1.165) is 51.4 Å². The largest absolute Gasteiger partial charge is 0.469 e. The van der Waals surface area contributed by atoms with Crippen molar-refractivity contribution in [1.29, 1.82) is 0 Å². The van der Waals surface area contributed by atoms with E-state index in [0.29, 0.717) is 25.7 Å². The summed E-state index contributed by atoms with van der Waals surface area (Å²) >= 11 is 0. The molecule has 0 amide bonds. The van der Waals surface area contributed by atoms with E-state index < -0.39 is 57.4 Å². The zero-order valence-electron chi connectivity index (χ0n) is 32.9. The van der Waals surface area contributed by atoms with Gasteiger partial charge in [-0.05, 0) is 63.7 Å². The Morgan fingerprint density at radius 1 is 0.745 bits per heavy atom. The number of phosphoric ester groups is 1. The number of phosphoric acid groups is 1. The lowest BCUT2D eigenvalue weighted by Gasteiger charge is -2.19. The number of carbonyl (C=O) groups is 2. The van der Waals surface area contributed by atoms with Gasteiger partial charge in [0.05, 0.1) is 31.3 Å². The lowest BCUT2D eigenvalue weighted by Crippen LogP contribution is -2.29. The second-order valence-corrected chi connectivity index (χ2v) is 14.7. The van der Waals surface area contributed by atoms with Crippen molar-refractivity contribution >= 4 is 19.8 Å². The average Bonchev–Trinajstić information content (AvgIpc) is 3.41. The van der Waals surface area contributed by atoms with Crippen LogP contribution in [0.4, 0.5) is 0 Å². The molecule has 1 aliphatic rings. The highest BCUT2D eigenvalue weighted by atomic mass is 31.2. The zero-order valence-corrected chi connectivity index (χ0v) is 33.7. The molecule has 1 fully saturated rings. The van der Waals surface area contributed by atoms with Crippen LogP contribution in [0.1, 0.15) is 110 Å². The highest BCUT2D eigenvalue weighted by Gasteiger charge is 2.39. The Kier molecular flexibility index (Phi) is 29.0. The molecule has 6 atom stereocenters. The minimum absolute atomic E-state index is 0.0149. The first-order valence-electron chi connectivity index (χ1n) is 19.8. The van der Waals surface area contributed by atoms with E-state index in [-0.39, 0.29) is 31.1 Å². The van der Waals surface area contributed by atoms with Gasteiger partial charge in [0.2, 0.25) is 0 Å². The van der Waals surface area contributed by atoms with Gasteiger partial charge in [-0.3, -0.25) is 14.1 Å². The normalized spacial score (nSPS) is 20.9. The van der Waals surface area contributed by atoms with Crippen LogP contribution in [-0.4, -0.2) is 74.7 Å². The highest BCUT2D eigenvalue weighted by Crippen LogP contribution is 2.37. The van der Waals surface area contributed by atoms with Gasteiger partial charge in [-0.2, -0.15) is 0 Å². The van der Waals surface area contributed by atoms with E-state index in [9.17, 15) is 29.5 Å². The minimum atomic E-state index is -4.86. The second-order valence-electron chi connectivity index (χ2n) is 13.5. The van der Waals surface area contributed by atoms with E-state index in [1.54, 1.807) is 24.3 Å². The molecular weight excluding hydrogens is 723 g/mol. The fraction of sp³-hybridized carbons (Fsp3) is 0.581. The predicted octanol–water partition coefficient (Wildman–Crippen LogP) is 8.22. The smallest absolute Gasteiger partial charge is 0.461 e. The van der Waals surface area contributed by atoms with Gasteiger partial charge in [0, 0.05) is 18.8 Å². The molecule has 5 N–H and O–H groups in total. The third-order valence-electron chi connectivity index (χ3n) is 8.70. The molecule has 0 unspecified atom stereocenters.